The van der Waals surface area contributed by atoms with Gasteiger partial charge in [0.2, 0.25) is 5.91 Å². The molecular formula is C26H31N5O7. The van der Waals surface area contributed by atoms with E-state index in [1.165, 1.54) is 32.2 Å². The van der Waals surface area contributed by atoms with Crippen molar-refractivity contribution >= 4 is 23.7 Å². The molecule has 2 aromatic rings. The number of hydrogen-bond donors (Lipinski definition) is 5. The molecule has 1 aliphatic carbocycles. The second kappa shape index (κ2) is 11.5. The molecule has 2 fully saturated rings. The number of aromatic hydroxyl groups is 1. The van der Waals surface area contributed by atoms with Crippen LogP contribution in [0.25, 0.3) is 0 Å². The third kappa shape index (κ3) is 6.25. The Hall–Kier alpha value is -4.06. The smallest absolute Gasteiger partial charge is 0.312 e. The average molecular weight is 526 g/mol. The van der Waals surface area contributed by atoms with E-state index in [4.69, 9.17) is 4.74 Å². The van der Waals surface area contributed by atoms with E-state index in [0.717, 1.165) is 0 Å². The molecular weight excluding hydrogens is 494 g/mol. The van der Waals surface area contributed by atoms with Gasteiger partial charge in [-0.3, -0.25) is 24.2 Å². The van der Waals surface area contributed by atoms with Crippen LogP contribution >= 0.6 is 0 Å². The van der Waals surface area contributed by atoms with Gasteiger partial charge in [-0.2, -0.15) is 0 Å². The third-order valence-electron chi connectivity index (χ3n) is 6.79. The normalized spacial score (nSPS) is 28.7. The molecule has 2 aromatic heterocycles. The van der Waals surface area contributed by atoms with E-state index in [2.05, 4.69) is 25.9 Å². The molecule has 0 radical (unpaired) electrons. The van der Waals surface area contributed by atoms with Crippen molar-refractivity contribution in [3.63, 3.8) is 0 Å². The number of hydrogen-bond acceptors (Lipinski definition) is 9. The molecule has 1 aliphatic heterocycles. The predicted octanol–water partition coefficient (Wildman–Crippen LogP) is -0.155. The molecule has 6 atom stereocenters. The van der Waals surface area contributed by atoms with Crippen LogP contribution in [0.2, 0.25) is 0 Å². The summed E-state index contributed by atoms with van der Waals surface area (Å²) in [6, 6.07) is 2.97. The lowest BCUT2D eigenvalue weighted by atomic mass is 9.92. The van der Waals surface area contributed by atoms with E-state index in [9.17, 15) is 29.4 Å². The first kappa shape index (κ1) is 27.0. The van der Waals surface area contributed by atoms with Crippen molar-refractivity contribution in [2.24, 2.45) is 11.8 Å². The number of pyridine rings is 2. The summed E-state index contributed by atoms with van der Waals surface area (Å²) in [7, 11) is 0. The Morgan fingerprint density at radius 1 is 1.11 bits per heavy atom. The van der Waals surface area contributed by atoms with Gasteiger partial charge in [0.15, 0.2) is 11.8 Å². The van der Waals surface area contributed by atoms with Gasteiger partial charge in [-0.05, 0) is 56.9 Å². The van der Waals surface area contributed by atoms with Crippen molar-refractivity contribution in [1.82, 2.24) is 25.9 Å². The molecule has 0 spiro atoms. The molecule has 1 unspecified atom stereocenters. The minimum Gasteiger partial charge on any atom is -0.505 e. The molecule has 0 aromatic carbocycles. The zero-order valence-electron chi connectivity index (χ0n) is 21.0. The fourth-order valence-electron chi connectivity index (χ4n) is 4.37. The van der Waals surface area contributed by atoms with E-state index in [-0.39, 0.29) is 23.8 Å². The molecule has 12 nitrogen and oxygen atoms in total. The van der Waals surface area contributed by atoms with Gasteiger partial charge in [0, 0.05) is 24.5 Å². The maximum absolute atomic E-state index is 13.6. The zero-order chi connectivity index (χ0) is 27.4. The Balaban J connectivity index is 1.66. The maximum Gasteiger partial charge on any atom is 0.312 e. The fraction of sp³-hybridized carbons (Fsp3) is 0.462. The number of aliphatic hydroxyl groups excluding tert-OH is 1. The molecule has 12 heteroatoms. The van der Waals surface area contributed by atoms with Crippen molar-refractivity contribution < 1.29 is 34.1 Å². The van der Waals surface area contributed by atoms with E-state index in [0.29, 0.717) is 18.4 Å². The molecule has 3 heterocycles. The topological polar surface area (TPSA) is 180 Å². The largest absolute Gasteiger partial charge is 0.505 e. The lowest BCUT2D eigenvalue weighted by Gasteiger charge is -2.33. The number of amides is 3. The van der Waals surface area contributed by atoms with Crippen molar-refractivity contribution in [2.45, 2.75) is 63.4 Å². The van der Waals surface area contributed by atoms with Gasteiger partial charge in [-0.15, -0.1) is 0 Å². The Morgan fingerprint density at radius 3 is 2.50 bits per heavy atom. The van der Waals surface area contributed by atoms with E-state index < -0.39 is 59.9 Å². The molecule has 202 valence electrons. The lowest BCUT2D eigenvalue weighted by Crippen LogP contribution is -2.62. The predicted molar refractivity (Wildman–Crippen MR) is 132 cm³/mol. The Labute approximate surface area is 219 Å². The first-order valence-corrected chi connectivity index (χ1v) is 12.5. The number of cyclic esters (lactones) is 1. The van der Waals surface area contributed by atoms with Gasteiger partial charge in [-0.25, -0.2) is 4.98 Å². The van der Waals surface area contributed by atoms with Crippen LogP contribution in [0.3, 0.4) is 0 Å². The number of nitrogens with one attached hydrogen (secondary N) is 3. The van der Waals surface area contributed by atoms with Crippen LogP contribution in [0.15, 0.2) is 42.9 Å². The summed E-state index contributed by atoms with van der Waals surface area (Å²) in [5.74, 6) is -4.51. The van der Waals surface area contributed by atoms with Crippen molar-refractivity contribution in [3.8, 4) is 5.75 Å². The highest BCUT2D eigenvalue weighted by atomic mass is 16.6. The number of aliphatic hydroxyl groups is 1. The van der Waals surface area contributed by atoms with Crippen molar-refractivity contribution in [3.05, 3.63) is 54.1 Å². The highest BCUT2D eigenvalue weighted by Gasteiger charge is 2.44. The molecule has 4 rings (SSSR count). The van der Waals surface area contributed by atoms with Gasteiger partial charge in [0.1, 0.15) is 11.8 Å². The average Bonchev–Trinajstić information content (AvgIpc) is 3.74. The van der Waals surface area contributed by atoms with Crippen LogP contribution in [0, 0.1) is 11.8 Å². The summed E-state index contributed by atoms with van der Waals surface area (Å²) >= 11 is 0. The van der Waals surface area contributed by atoms with E-state index >= 15 is 0 Å². The van der Waals surface area contributed by atoms with Crippen LogP contribution in [0.5, 0.6) is 5.75 Å². The number of esters is 1. The van der Waals surface area contributed by atoms with Gasteiger partial charge in [-0.1, -0.05) is 6.07 Å². The zero-order valence-corrected chi connectivity index (χ0v) is 21.0. The lowest BCUT2D eigenvalue weighted by molar-refractivity contribution is -0.165. The van der Waals surface area contributed by atoms with Crippen LogP contribution in [-0.2, 0) is 25.5 Å². The third-order valence-corrected chi connectivity index (χ3v) is 6.79. The molecule has 0 bridgehead atoms. The second-order valence-corrected chi connectivity index (χ2v) is 9.77. The SMILES string of the molecule is C[C@H]1NC(=O)C(C2CC2)OC(=O)[C@H](C)[C@H](O)[C@H](Cc2cccnc2)NC(=O)[C@H]1NC(=O)c1ncccc1O. The summed E-state index contributed by atoms with van der Waals surface area (Å²) in [5, 5.41) is 29.2. The monoisotopic (exact) mass is 525 g/mol. The molecule has 2 aliphatic rings. The molecule has 38 heavy (non-hydrogen) atoms. The summed E-state index contributed by atoms with van der Waals surface area (Å²) in [5.41, 5.74) is 0.399. The Kier molecular flexibility index (Phi) is 8.20. The fourth-order valence-corrected chi connectivity index (χ4v) is 4.37. The second-order valence-electron chi connectivity index (χ2n) is 9.77. The molecule has 1 saturated heterocycles. The van der Waals surface area contributed by atoms with Crippen molar-refractivity contribution in [2.75, 3.05) is 0 Å². The summed E-state index contributed by atoms with van der Waals surface area (Å²) < 4.78 is 5.55. The van der Waals surface area contributed by atoms with Crippen molar-refractivity contribution in [1.29, 1.82) is 0 Å². The summed E-state index contributed by atoms with van der Waals surface area (Å²) in [4.78, 5) is 60.4. The number of carbonyl (C=O) groups is 4. The van der Waals surface area contributed by atoms with Crippen LogP contribution in [-0.4, -0.2) is 74.2 Å². The minimum absolute atomic E-state index is 0.132. The number of aromatic nitrogens is 2. The van der Waals surface area contributed by atoms with Crippen LogP contribution in [0.1, 0.15) is 42.7 Å². The quantitative estimate of drug-likeness (QED) is 0.332. The van der Waals surface area contributed by atoms with E-state index in [1.54, 1.807) is 24.5 Å². The standard InChI is InChI=1S/C26H31N5O7/c1-13-21(33)17(11-15-5-3-9-27-12-15)30-23(34)19(31-24(35)20-18(32)6-4-10-28-20)14(2)29-25(36)22(16-7-8-16)38-26(13)37/h3-6,9-10,12-14,16-17,19,21-22,32-33H,7-8,11H2,1-2H3,(H,29,36)(H,30,34)(H,31,35)/t13-,14-,17+,19+,21+,22?/m1/s1. The molecule has 5 N–H and O–H groups in total. The van der Waals surface area contributed by atoms with Gasteiger partial charge in [0.05, 0.1) is 24.1 Å². The summed E-state index contributed by atoms with van der Waals surface area (Å²) in [6.45, 7) is 2.99. The van der Waals surface area contributed by atoms with Gasteiger partial charge in [0.25, 0.3) is 11.8 Å². The highest BCUT2D eigenvalue weighted by molar-refractivity contribution is 5.98. The van der Waals surface area contributed by atoms with E-state index in [1.807, 2.05) is 0 Å². The van der Waals surface area contributed by atoms with Gasteiger partial charge < -0.3 is 30.9 Å². The number of ether oxygens (including phenoxy) is 1. The summed E-state index contributed by atoms with van der Waals surface area (Å²) in [6.07, 6.45) is 3.53. The highest BCUT2D eigenvalue weighted by Crippen LogP contribution is 2.35. The van der Waals surface area contributed by atoms with Crippen LogP contribution in [0.4, 0.5) is 0 Å². The molecule has 3 amide bonds. The van der Waals surface area contributed by atoms with Gasteiger partial charge >= 0.3 is 5.97 Å². The molecule has 1 saturated carbocycles. The minimum atomic E-state index is -1.37. The Morgan fingerprint density at radius 2 is 1.84 bits per heavy atom. The maximum atomic E-state index is 13.6. The number of nitrogens with zero attached hydrogens (tertiary/aromatic N) is 2. The van der Waals surface area contributed by atoms with Crippen LogP contribution < -0.4 is 16.0 Å². The number of rotatable bonds is 5. The first-order valence-electron chi connectivity index (χ1n) is 12.5. The Bertz CT molecular complexity index is 1190. The first-order chi connectivity index (χ1) is 18.2. The number of carbonyl (C=O) groups excluding carboxylic acids is 4.